The van der Waals surface area contributed by atoms with Crippen LogP contribution in [0.4, 0.5) is 5.69 Å². The van der Waals surface area contributed by atoms with Crippen molar-refractivity contribution in [2.75, 3.05) is 24.6 Å². The molecule has 0 atom stereocenters. The zero-order valence-electron chi connectivity index (χ0n) is 12.8. The normalized spacial score (nSPS) is 21.2. The minimum absolute atomic E-state index is 0.0983. The number of benzene rings is 1. The third-order valence-electron chi connectivity index (χ3n) is 3.35. The van der Waals surface area contributed by atoms with E-state index in [1.54, 1.807) is 0 Å². The molecule has 3 heteroatoms. The average molecular weight is 262 g/mol. The largest absolute Gasteiger partial charge is 0.492 e. The summed E-state index contributed by atoms with van der Waals surface area (Å²) in [7, 11) is 0. The molecular weight excluding hydrogens is 236 g/mol. The maximum Gasteiger partial charge on any atom is 0.142 e. The van der Waals surface area contributed by atoms with Gasteiger partial charge in [0.25, 0.3) is 0 Å². The lowest BCUT2D eigenvalue weighted by atomic mass is 9.91. The van der Waals surface area contributed by atoms with Gasteiger partial charge in [0.05, 0.1) is 12.3 Å². The summed E-state index contributed by atoms with van der Waals surface area (Å²) in [5.41, 5.74) is 1.40. The SMILES string of the molecule is CCOc1ccccc1N1CC(C)(C)NC(C)(C)C1. The van der Waals surface area contributed by atoms with E-state index in [0.29, 0.717) is 6.61 Å². The molecule has 0 bridgehead atoms. The van der Waals surface area contributed by atoms with Crippen molar-refractivity contribution in [1.82, 2.24) is 5.32 Å². The Balaban J connectivity index is 2.30. The van der Waals surface area contributed by atoms with E-state index in [2.05, 4.69) is 56.1 Å². The summed E-state index contributed by atoms with van der Waals surface area (Å²) in [5.74, 6) is 0.985. The predicted octanol–water partition coefficient (Wildman–Crippen LogP) is 3.05. The Morgan fingerprint density at radius 3 is 2.26 bits per heavy atom. The molecular formula is C16H26N2O. The highest BCUT2D eigenvalue weighted by atomic mass is 16.5. The number of piperazine rings is 1. The molecule has 1 N–H and O–H groups in total. The molecule has 2 rings (SSSR count). The first-order chi connectivity index (χ1) is 8.83. The smallest absolute Gasteiger partial charge is 0.142 e. The Morgan fingerprint density at radius 1 is 1.11 bits per heavy atom. The van der Waals surface area contributed by atoms with Crippen LogP contribution in [-0.4, -0.2) is 30.8 Å². The average Bonchev–Trinajstić information content (AvgIpc) is 2.26. The number of hydrogen-bond acceptors (Lipinski definition) is 3. The van der Waals surface area contributed by atoms with Crippen LogP contribution in [0.25, 0.3) is 0 Å². The van der Waals surface area contributed by atoms with Crippen molar-refractivity contribution in [3.05, 3.63) is 24.3 Å². The van der Waals surface area contributed by atoms with Crippen LogP contribution in [-0.2, 0) is 0 Å². The first kappa shape index (κ1) is 14.2. The number of hydrogen-bond donors (Lipinski definition) is 1. The van der Waals surface area contributed by atoms with Gasteiger partial charge in [0.15, 0.2) is 0 Å². The Morgan fingerprint density at radius 2 is 1.68 bits per heavy atom. The van der Waals surface area contributed by atoms with Crippen LogP contribution < -0.4 is 15.0 Å². The molecule has 0 saturated carbocycles. The number of anilines is 1. The number of nitrogens with one attached hydrogen (secondary N) is 1. The molecule has 0 unspecified atom stereocenters. The van der Waals surface area contributed by atoms with E-state index in [1.165, 1.54) is 5.69 Å². The molecule has 0 aromatic heterocycles. The fraction of sp³-hybridized carbons (Fsp3) is 0.625. The summed E-state index contributed by atoms with van der Waals surface area (Å²) in [6.45, 7) is 13.7. The fourth-order valence-electron chi connectivity index (χ4n) is 3.17. The molecule has 19 heavy (non-hydrogen) atoms. The molecule has 1 aromatic rings. The van der Waals surface area contributed by atoms with E-state index >= 15 is 0 Å². The second-order valence-corrected chi connectivity index (χ2v) is 6.65. The molecule has 1 aliphatic rings. The Kier molecular flexibility index (Phi) is 3.77. The summed E-state index contributed by atoms with van der Waals surface area (Å²) in [6, 6.07) is 8.33. The van der Waals surface area contributed by atoms with E-state index in [0.717, 1.165) is 18.8 Å². The van der Waals surface area contributed by atoms with Gasteiger partial charge in [-0.15, -0.1) is 0 Å². The highest BCUT2D eigenvalue weighted by Gasteiger charge is 2.37. The first-order valence-corrected chi connectivity index (χ1v) is 7.09. The predicted molar refractivity (Wildman–Crippen MR) is 81.1 cm³/mol. The van der Waals surface area contributed by atoms with Crippen molar-refractivity contribution in [2.24, 2.45) is 0 Å². The molecule has 1 aromatic carbocycles. The molecule has 0 amide bonds. The van der Waals surface area contributed by atoms with E-state index in [1.807, 2.05) is 13.0 Å². The Bertz CT molecular complexity index is 424. The van der Waals surface area contributed by atoms with E-state index in [4.69, 9.17) is 4.74 Å². The summed E-state index contributed by atoms with van der Waals surface area (Å²) in [5, 5.41) is 3.70. The van der Waals surface area contributed by atoms with Crippen LogP contribution in [0.3, 0.4) is 0 Å². The van der Waals surface area contributed by atoms with E-state index in [-0.39, 0.29) is 11.1 Å². The second-order valence-electron chi connectivity index (χ2n) is 6.65. The molecule has 0 aliphatic carbocycles. The zero-order chi connectivity index (χ0) is 14.1. The molecule has 1 saturated heterocycles. The summed E-state index contributed by atoms with van der Waals surface area (Å²) < 4.78 is 5.76. The molecule has 0 spiro atoms. The van der Waals surface area contributed by atoms with Gasteiger partial charge in [0.1, 0.15) is 5.75 Å². The van der Waals surface area contributed by atoms with Gasteiger partial charge in [-0.3, -0.25) is 0 Å². The number of ether oxygens (including phenoxy) is 1. The van der Waals surface area contributed by atoms with Crippen molar-refractivity contribution >= 4 is 5.69 Å². The van der Waals surface area contributed by atoms with Crippen LogP contribution >= 0.6 is 0 Å². The highest BCUT2D eigenvalue weighted by Crippen LogP contribution is 2.32. The summed E-state index contributed by atoms with van der Waals surface area (Å²) in [4.78, 5) is 2.43. The van der Waals surface area contributed by atoms with Gasteiger partial charge in [-0.05, 0) is 46.8 Å². The van der Waals surface area contributed by atoms with Gasteiger partial charge in [0.2, 0.25) is 0 Å². The third kappa shape index (κ3) is 3.41. The molecule has 1 fully saturated rings. The van der Waals surface area contributed by atoms with Crippen molar-refractivity contribution in [1.29, 1.82) is 0 Å². The van der Waals surface area contributed by atoms with Crippen molar-refractivity contribution in [3.8, 4) is 5.75 Å². The quantitative estimate of drug-likeness (QED) is 0.906. The van der Waals surface area contributed by atoms with Gasteiger partial charge < -0.3 is 15.0 Å². The topological polar surface area (TPSA) is 24.5 Å². The first-order valence-electron chi connectivity index (χ1n) is 7.09. The van der Waals surface area contributed by atoms with Crippen LogP contribution in [0, 0.1) is 0 Å². The fourth-order valence-corrected chi connectivity index (χ4v) is 3.17. The van der Waals surface area contributed by atoms with Gasteiger partial charge in [0, 0.05) is 24.2 Å². The molecule has 1 aliphatic heterocycles. The lowest BCUT2D eigenvalue weighted by Crippen LogP contribution is -2.67. The monoisotopic (exact) mass is 262 g/mol. The maximum atomic E-state index is 5.76. The summed E-state index contributed by atoms with van der Waals surface area (Å²) >= 11 is 0. The van der Waals surface area contributed by atoms with Gasteiger partial charge >= 0.3 is 0 Å². The lowest BCUT2D eigenvalue weighted by Gasteiger charge is -2.49. The number of rotatable bonds is 3. The Hall–Kier alpha value is -1.22. The molecule has 3 nitrogen and oxygen atoms in total. The van der Waals surface area contributed by atoms with Crippen molar-refractivity contribution in [3.63, 3.8) is 0 Å². The van der Waals surface area contributed by atoms with Crippen LogP contribution in [0.5, 0.6) is 5.75 Å². The zero-order valence-corrected chi connectivity index (χ0v) is 12.8. The number of nitrogens with zero attached hydrogens (tertiary/aromatic N) is 1. The van der Waals surface area contributed by atoms with Crippen LogP contribution in [0.1, 0.15) is 34.6 Å². The molecule has 1 heterocycles. The van der Waals surface area contributed by atoms with E-state index in [9.17, 15) is 0 Å². The number of para-hydroxylation sites is 2. The minimum Gasteiger partial charge on any atom is -0.492 e. The minimum atomic E-state index is 0.0983. The maximum absolute atomic E-state index is 5.76. The van der Waals surface area contributed by atoms with Gasteiger partial charge in [-0.1, -0.05) is 12.1 Å². The van der Waals surface area contributed by atoms with Crippen molar-refractivity contribution < 1.29 is 4.74 Å². The van der Waals surface area contributed by atoms with Crippen LogP contribution in [0.2, 0.25) is 0 Å². The van der Waals surface area contributed by atoms with Gasteiger partial charge in [-0.25, -0.2) is 0 Å². The van der Waals surface area contributed by atoms with Gasteiger partial charge in [-0.2, -0.15) is 0 Å². The molecule has 0 radical (unpaired) electrons. The molecule has 106 valence electrons. The Labute approximate surface area is 116 Å². The van der Waals surface area contributed by atoms with Crippen LogP contribution in [0.15, 0.2) is 24.3 Å². The van der Waals surface area contributed by atoms with E-state index < -0.39 is 0 Å². The highest BCUT2D eigenvalue weighted by molar-refractivity contribution is 5.59. The van der Waals surface area contributed by atoms with Crippen molar-refractivity contribution in [2.45, 2.75) is 45.7 Å². The lowest BCUT2D eigenvalue weighted by molar-refractivity contribution is 0.225. The summed E-state index contributed by atoms with van der Waals surface area (Å²) in [6.07, 6.45) is 0. The third-order valence-corrected chi connectivity index (χ3v) is 3.35. The second kappa shape index (κ2) is 5.04. The standard InChI is InChI=1S/C16H26N2O/c1-6-19-14-10-8-7-9-13(14)18-11-15(2,3)17-16(4,5)12-18/h7-10,17H,6,11-12H2,1-5H3.